The Kier molecular flexibility index (Phi) is 6.76. The van der Waals surface area contributed by atoms with Crippen molar-refractivity contribution >= 4 is 0 Å². The summed E-state index contributed by atoms with van der Waals surface area (Å²) in [5, 5.41) is 9.50. The topological polar surface area (TPSA) is 55.5 Å². The highest BCUT2D eigenvalue weighted by Crippen LogP contribution is 2.20. The lowest BCUT2D eigenvalue weighted by molar-refractivity contribution is 0.173. The van der Waals surface area contributed by atoms with Crippen LogP contribution in [0.15, 0.2) is 18.2 Å². The van der Waals surface area contributed by atoms with Crippen molar-refractivity contribution in [2.75, 3.05) is 13.2 Å². The number of hydrogen-bond acceptors (Lipinski definition) is 3. The number of rotatable bonds is 8. The first kappa shape index (κ1) is 15.0. The number of ether oxygens (including phenoxy) is 1. The van der Waals surface area contributed by atoms with E-state index in [4.69, 9.17) is 10.5 Å². The lowest BCUT2D eigenvalue weighted by Crippen LogP contribution is -2.20. The van der Waals surface area contributed by atoms with Gasteiger partial charge < -0.3 is 15.6 Å². The van der Waals surface area contributed by atoms with Crippen LogP contribution < -0.4 is 10.5 Å². The Balaban J connectivity index is 2.67. The minimum absolute atomic E-state index is 0.332. The van der Waals surface area contributed by atoms with Crippen LogP contribution in [0.1, 0.15) is 37.8 Å². The first-order valence-corrected chi connectivity index (χ1v) is 6.84. The zero-order valence-corrected chi connectivity index (χ0v) is 11.5. The van der Waals surface area contributed by atoms with Crippen LogP contribution in [0.5, 0.6) is 5.75 Å². The van der Waals surface area contributed by atoms with Crippen LogP contribution in [-0.2, 0) is 12.8 Å². The van der Waals surface area contributed by atoms with Gasteiger partial charge in [-0.1, -0.05) is 19.9 Å². The molecule has 18 heavy (non-hydrogen) atoms. The third-order valence-corrected chi connectivity index (χ3v) is 3.05. The maximum Gasteiger partial charge on any atom is 0.119 e. The molecule has 0 spiro atoms. The molecule has 1 atom stereocenters. The number of benzene rings is 1. The summed E-state index contributed by atoms with van der Waals surface area (Å²) in [6.07, 6.45) is 3.20. The molecule has 0 aliphatic rings. The van der Waals surface area contributed by atoms with Gasteiger partial charge in [0.25, 0.3) is 0 Å². The van der Waals surface area contributed by atoms with Gasteiger partial charge in [-0.15, -0.1) is 0 Å². The summed E-state index contributed by atoms with van der Waals surface area (Å²) < 4.78 is 5.63. The molecule has 0 radical (unpaired) electrons. The zero-order chi connectivity index (χ0) is 13.4. The molecule has 0 aliphatic heterocycles. The SMILES string of the molecule is CCCOc1ccc(CCC(O)CN)c(CC)c1. The fraction of sp³-hybridized carbons (Fsp3) is 0.600. The number of aliphatic hydroxyl groups is 1. The normalized spacial score (nSPS) is 12.4. The van der Waals surface area contributed by atoms with Gasteiger partial charge in [0, 0.05) is 6.54 Å². The van der Waals surface area contributed by atoms with Gasteiger partial charge in [0.05, 0.1) is 12.7 Å². The summed E-state index contributed by atoms with van der Waals surface area (Å²) in [7, 11) is 0. The van der Waals surface area contributed by atoms with E-state index in [2.05, 4.69) is 26.0 Å². The van der Waals surface area contributed by atoms with Gasteiger partial charge in [-0.25, -0.2) is 0 Å². The molecule has 0 saturated heterocycles. The van der Waals surface area contributed by atoms with Crippen LogP contribution in [0, 0.1) is 0 Å². The fourth-order valence-electron chi connectivity index (χ4n) is 1.92. The van der Waals surface area contributed by atoms with E-state index < -0.39 is 6.10 Å². The highest BCUT2D eigenvalue weighted by Gasteiger charge is 2.06. The number of aliphatic hydroxyl groups excluding tert-OH is 1. The van der Waals surface area contributed by atoms with Crippen molar-refractivity contribution in [1.82, 2.24) is 0 Å². The van der Waals surface area contributed by atoms with E-state index in [1.165, 1.54) is 11.1 Å². The first-order chi connectivity index (χ1) is 8.71. The lowest BCUT2D eigenvalue weighted by Gasteiger charge is -2.13. The molecule has 0 saturated carbocycles. The van der Waals surface area contributed by atoms with E-state index in [9.17, 15) is 5.11 Å². The highest BCUT2D eigenvalue weighted by molar-refractivity contribution is 5.36. The maximum absolute atomic E-state index is 9.50. The van der Waals surface area contributed by atoms with Gasteiger partial charge in [0.1, 0.15) is 5.75 Å². The van der Waals surface area contributed by atoms with E-state index >= 15 is 0 Å². The molecule has 3 heteroatoms. The van der Waals surface area contributed by atoms with Crippen LogP contribution in [0.25, 0.3) is 0 Å². The Labute approximate surface area is 110 Å². The van der Waals surface area contributed by atoms with Crippen molar-refractivity contribution < 1.29 is 9.84 Å². The maximum atomic E-state index is 9.50. The first-order valence-electron chi connectivity index (χ1n) is 6.84. The molecule has 1 unspecified atom stereocenters. The van der Waals surface area contributed by atoms with Crippen LogP contribution in [-0.4, -0.2) is 24.4 Å². The third-order valence-electron chi connectivity index (χ3n) is 3.05. The fourth-order valence-corrected chi connectivity index (χ4v) is 1.92. The predicted molar refractivity (Wildman–Crippen MR) is 75.0 cm³/mol. The summed E-state index contributed by atoms with van der Waals surface area (Å²) in [5.41, 5.74) is 8.00. The summed E-state index contributed by atoms with van der Waals surface area (Å²) in [6, 6.07) is 6.23. The second-order valence-electron chi connectivity index (χ2n) is 4.56. The van der Waals surface area contributed by atoms with Crippen molar-refractivity contribution in [3.8, 4) is 5.75 Å². The van der Waals surface area contributed by atoms with E-state index in [-0.39, 0.29) is 0 Å². The second kappa shape index (κ2) is 8.11. The van der Waals surface area contributed by atoms with E-state index in [1.807, 2.05) is 6.07 Å². The summed E-state index contributed by atoms with van der Waals surface area (Å²) in [4.78, 5) is 0. The molecule has 0 fully saturated rings. The smallest absolute Gasteiger partial charge is 0.119 e. The molecule has 102 valence electrons. The second-order valence-corrected chi connectivity index (χ2v) is 4.56. The quantitative estimate of drug-likeness (QED) is 0.745. The Morgan fingerprint density at radius 1 is 1.28 bits per heavy atom. The molecule has 0 amide bonds. The van der Waals surface area contributed by atoms with Crippen molar-refractivity contribution in [2.45, 2.75) is 45.6 Å². The largest absolute Gasteiger partial charge is 0.494 e. The molecule has 0 aliphatic carbocycles. The van der Waals surface area contributed by atoms with Crippen molar-refractivity contribution in [3.05, 3.63) is 29.3 Å². The van der Waals surface area contributed by atoms with E-state index in [0.717, 1.165) is 38.0 Å². The van der Waals surface area contributed by atoms with Gasteiger partial charge in [-0.3, -0.25) is 0 Å². The number of hydrogen-bond donors (Lipinski definition) is 2. The molecule has 3 nitrogen and oxygen atoms in total. The lowest BCUT2D eigenvalue weighted by atomic mass is 9.99. The molecular weight excluding hydrogens is 226 g/mol. The molecule has 1 aromatic carbocycles. The molecule has 3 N–H and O–H groups in total. The molecule has 0 heterocycles. The molecule has 0 bridgehead atoms. The highest BCUT2D eigenvalue weighted by atomic mass is 16.5. The van der Waals surface area contributed by atoms with Crippen molar-refractivity contribution in [2.24, 2.45) is 5.73 Å². The zero-order valence-electron chi connectivity index (χ0n) is 11.5. The average Bonchev–Trinajstić information content (AvgIpc) is 2.42. The summed E-state index contributed by atoms with van der Waals surface area (Å²) >= 11 is 0. The monoisotopic (exact) mass is 251 g/mol. The van der Waals surface area contributed by atoms with Gasteiger partial charge in [-0.2, -0.15) is 0 Å². The van der Waals surface area contributed by atoms with Crippen molar-refractivity contribution in [1.29, 1.82) is 0 Å². The minimum Gasteiger partial charge on any atom is -0.494 e. The molecule has 1 rings (SSSR count). The van der Waals surface area contributed by atoms with Crippen LogP contribution in [0.4, 0.5) is 0 Å². The third kappa shape index (κ3) is 4.67. The minimum atomic E-state index is -0.397. The van der Waals surface area contributed by atoms with E-state index in [1.54, 1.807) is 0 Å². The van der Waals surface area contributed by atoms with Gasteiger partial charge >= 0.3 is 0 Å². The molecular formula is C15H25NO2. The van der Waals surface area contributed by atoms with Crippen LogP contribution in [0.3, 0.4) is 0 Å². The van der Waals surface area contributed by atoms with Gasteiger partial charge in [-0.05, 0) is 48.9 Å². The summed E-state index contributed by atoms with van der Waals surface area (Å²) in [5.74, 6) is 0.942. The van der Waals surface area contributed by atoms with Crippen molar-refractivity contribution in [3.63, 3.8) is 0 Å². The number of aryl methyl sites for hydroxylation is 2. The average molecular weight is 251 g/mol. The standard InChI is InChI=1S/C15H25NO2/c1-3-9-18-15-8-6-13(12(4-2)10-15)5-7-14(17)11-16/h6,8,10,14,17H,3-5,7,9,11,16H2,1-2H3. The predicted octanol–water partition coefficient (Wildman–Crippen LogP) is 2.29. The Morgan fingerprint density at radius 3 is 2.67 bits per heavy atom. The number of nitrogens with two attached hydrogens (primary N) is 1. The van der Waals surface area contributed by atoms with Gasteiger partial charge in [0.2, 0.25) is 0 Å². The van der Waals surface area contributed by atoms with Crippen LogP contribution >= 0.6 is 0 Å². The molecule has 0 aromatic heterocycles. The van der Waals surface area contributed by atoms with Gasteiger partial charge in [0.15, 0.2) is 0 Å². The Morgan fingerprint density at radius 2 is 2.06 bits per heavy atom. The van der Waals surface area contributed by atoms with Crippen LogP contribution in [0.2, 0.25) is 0 Å². The van der Waals surface area contributed by atoms with E-state index in [0.29, 0.717) is 6.54 Å². The molecule has 1 aromatic rings. The summed E-state index contributed by atoms with van der Waals surface area (Å²) in [6.45, 7) is 5.33. The Bertz CT molecular complexity index is 352. The Hall–Kier alpha value is -1.06.